The van der Waals surface area contributed by atoms with Gasteiger partial charge in [-0.1, -0.05) is 35.9 Å². The van der Waals surface area contributed by atoms with Gasteiger partial charge in [0.2, 0.25) is 0 Å². The first kappa shape index (κ1) is 28.0. The van der Waals surface area contributed by atoms with Crippen LogP contribution in [0.5, 0.6) is 0 Å². The summed E-state index contributed by atoms with van der Waals surface area (Å²) in [7, 11) is 3.00. The predicted molar refractivity (Wildman–Crippen MR) is 80.5 cm³/mol. The molecule has 1 aromatic rings. The number of nitrogens with two attached hydrogens (primary N) is 1. The molecule has 0 fully saturated rings. The van der Waals surface area contributed by atoms with E-state index in [1.54, 1.807) is 0 Å². The fraction of sp³-hybridized carbons (Fsp3) is 0.500. The molecule has 0 heterocycles. The van der Waals surface area contributed by atoms with Crippen LogP contribution < -0.4 is 11.1 Å². The van der Waals surface area contributed by atoms with Crippen LogP contribution in [0.2, 0.25) is 0 Å². The van der Waals surface area contributed by atoms with E-state index in [9.17, 15) is 0 Å². The summed E-state index contributed by atoms with van der Waals surface area (Å²) in [6.07, 6.45) is 3.27. The van der Waals surface area contributed by atoms with Gasteiger partial charge >= 0.3 is 0 Å². The molecular formula is C14H29N2O3Ti-. The second-order valence-corrected chi connectivity index (χ2v) is 3.18. The maximum atomic E-state index is 7.00. The van der Waals surface area contributed by atoms with Crippen molar-refractivity contribution in [2.45, 2.75) is 19.5 Å². The molecule has 6 heteroatoms. The van der Waals surface area contributed by atoms with Crippen LogP contribution in [0.3, 0.4) is 0 Å². The summed E-state index contributed by atoms with van der Waals surface area (Å²) < 4.78 is 0. The van der Waals surface area contributed by atoms with Crippen molar-refractivity contribution >= 4 is 0 Å². The van der Waals surface area contributed by atoms with Gasteiger partial charge in [0.25, 0.3) is 0 Å². The molecule has 5 nitrogen and oxygen atoms in total. The molecule has 20 heavy (non-hydrogen) atoms. The number of rotatable bonds is 5. The molecule has 0 aromatic heterocycles. The Morgan fingerprint density at radius 1 is 1.05 bits per heavy atom. The Balaban J connectivity index is -0.000000162. The van der Waals surface area contributed by atoms with Crippen LogP contribution in [0, 0.1) is 6.42 Å². The summed E-state index contributed by atoms with van der Waals surface area (Å²) >= 11 is 0. The molecule has 0 amide bonds. The number of nitrogens with one attached hydrogen (secondary N) is 1. The molecule has 0 radical (unpaired) electrons. The van der Waals surface area contributed by atoms with Crippen LogP contribution in [-0.4, -0.2) is 49.4 Å². The quantitative estimate of drug-likeness (QED) is 0.230. The van der Waals surface area contributed by atoms with Crippen LogP contribution in [0.15, 0.2) is 30.3 Å². The van der Waals surface area contributed by atoms with Crippen molar-refractivity contribution in [2.75, 3.05) is 27.9 Å². The van der Waals surface area contributed by atoms with Gasteiger partial charge in [0.15, 0.2) is 0 Å². The fourth-order valence-electron chi connectivity index (χ4n) is 1.12. The van der Waals surface area contributed by atoms with Gasteiger partial charge in [0, 0.05) is 49.2 Å². The van der Waals surface area contributed by atoms with Gasteiger partial charge in [-0.2, -0.15) is 6.42 Å². The van der Waals surface area contributed by atoms with Gasteiger partial charge in [-0.25, -0.2) is 0 Å². The van der Waals surface area contributed by atoms with Crippen molar-refractivity contribution in [3.05, 3.63) is 42.3 Å². The first-order valence-electron chi connectivity index (χ1n) is 5.98. The SMILES string of the molecule is CC(N)NC[CH-]Cc1ccccc1.CO.CO.CO.[Ti]. The average Bonchev–Trinajstić information content (AvgIpc) is 2.51. The summed E-state index contributed by atoms with van der Waals surface area (Å²) in [4.78, 5) is 0. The predicted octanol–water partition coefficient (Wildman–Crippen LogP) is 0.151. The van der Waals surface area contributed by atoms with Gasteiger partial charge in [0.1, 0.15) is 0 Å². The summed E-state index contributed by atoms with van der Waals surface area (Å²) in [5.41, 5.74) is 6.88. The van der Waals surface area contributed by atoms with Gasteiger partial charge in [0.05, 0.1) is 0 Å². The molecule has 1 aromatic carbocycles. The molecule has 118 valence electrons. The Labute approximate surface area is 138 Å². The zero-order chi connectivity index (χ0) is 15.5. The molecule has 0 saturated heterocycles. The third-order valence-corrected chi connectivity index (χ3v) is 1.81. The number of hydrogen-bond donors (Lipinski definition) is 5. The second-order valence-electron chi connectivity index (χ2n) is 3.18. The third kappa shape index (κ3) is 22.9. The van der Waals surface area contributed by atoms with Gasteiger partial charge in [-0.15, -0.1) is 6.54 Å². The maximum Gasteiger partial charge on any atom is 0.0493 e. The minimum Gasteiger partial charge on any atom is -0.400 e. The topological polar surface area (TPSA) is 98.7 Å². The molecule has 0 aliphatic carbocycles. The monoisotopic (exact) mass is 321 g/mol. The van der Waals surface area contributed by atoms with E-state index in [1.165, 1.54) is 5.56 Å². The van der Waals surface area contributed by atoms with E-state index in [0.29, 0.717) is 0 Å². The Kier molecular flexibility index (Phi) is 38.0. The minimum absolute atomic E-state index is 0. The Hall–Kier alpha value is -0.266. The minimum atomic E-state index is 0. The molecular weight excluding hydrogens is 292 g/mol. The molecule has 0 aliphatic heterocycles. The summed E-state index contributed by atoms with van der Waals surface area (Å²) in [5.74, 6) is 0. The standard InChI is InChI=1S/C11H17N2.3CH4O.Ti/c1-10(12)13-9-5-8-11-6-3-2-4-7-11;3*1-2;/h2-7,10,13H,8-9,12H2,1H3;3*2H,1H3;/q-1;;;;. The van der Waals surface area contributed by atoms with E-state index in [0.717, 1.165) is 34.3 Å². The van der Waals surface area contributed by atoms with Crippen LogP contribution in [0.25, 0.3) is 0 Å². The Morgan fingerprint density at radius 2 is 1.50 bits per heavy atom. The number of hydrogen-bond acceptors (Lipinski definition) is 5. The van der Waals surface area contributed by atoms with Gasteiger partial charge in [-0.05, 0) is 6.92 Å². The Morgan fingerprint density at radius 3 is 1.90 bits per heavy atom. The Bertz CT molecular complexity index is 237. The molecule has 0 saturated carbocycles. The average molecular weight is 321 g/mol. The van der Waals surface area contributed by atoms with E-state index < -0.39 is 0 Å². The van der Waals surface area contributed by atoms with E-state index in [2.05, 4.69) is 36.0 Å². The maximum absolute atomic E-state index is 7.00. The molecule has 0 bridgehead atoms. The van der Waals surface area contributed by atoms with Crippen molar-refractivity contribution in [1.82, 2.24) is 5.32 Å². The summed E-state index contributed by atoms with van der Waals surface area (Å²) in [6, 6.07) is 10.4. The third-order valence-electron chi connectivity index (χ3n) is 1.81. The van der Waals surface area contributed by atoms with Crippen molar-refractivity contribution in [1.29, 1.82) is 0 Å². The fourth-order valence-corrected chi connectivity index (χ4v) is 1.12. The van der Waals surface area contributed by atoms with Crippen LogP contribution in [0.4, 0.5) is 0 Å². The number of aliphatic hydroxyl groups is 3. The number of benzene rings is 1. The van der Waals surface area contributed by atoms with E-state index in [4.69, 9.17) is 21.1 Å². The van der Waals surface area contributed by atoms with Crippen LogP contribution >= 0.6 is 0 Å². The summed E-state index contributed by atoms with van der Waals surface area (Å²) in [5, 5.41) is 24.1. The van der Waals surface area contributed by atoms with E-state index in [1.807, 2.05) is 13.0 Å². The molecule has 1 atom stereocenters. The summed E-state index contributed by atoms with van der Waals surface area (Å²) in [6.45, 7) is 2.81. The van der Waals surface area contributed by atoms with E-state index in [-0.39, 0.29) is 27.9 Å². The zero-order valence-corrected chi connectivity index (χ0v) is 14.4. The van der Waals surface area contributed by atoms with Crippen LogP contribution in [0.1, 0.15) is 12.5 Å². The molecule has 1 unspecified atom stereocenters. The number of aliphatic hydroxyl groups excluding tert-OH is 3. The second kappa shape index (κ2) is 27.1. The first-order valence-corrected chi connectivity index (χ1v) is 5.98. The zero-order valence-electron chi connectivity index (χ0n) is 12.9. The normalized spacial score (nSPS) is 9.20. The first-order chi connectivity index (χ1) is 9.29. The van der Waals surface area contributed by atoms with E-state index >= 15 is 0 Å². The largest absolute Gasteiger partial charge is 0.400 e. The van der Waals surface area contributed by atoms with Gasteiger partial charge < -0.3 is 32.8 Å². The smallest absolute Gasteiger partial charge is 0.0493 e. The van der Waals surface area contributed by atoms with Crippen LogP contribution in [-0.2, 0) is 28.1 Å². The molecule has 1 rings (SSSR count). The van der Waals surface area contributed by atoms with Crippen molar-refractivity contribution in [3.8, 4) is 0 Å². The van der Waals surface area contributed by atoms with Crippen molar-refractivity contribution < 1.29 is 37.0 Å². The van der Waals surface area contributed by atoms with Crippen molar-refractivity contribution in [2.24, 2.45) is 5.73 Å². The van der Waals surface area contributed by atoms with Gasteiger partial charge in [-0.3, -0.25) is 0 Å². The van der Waals surface area contributed by atoms with Crippen molar-refractivity contribution in [3.63, 3.8) is 0 Å². The molecule has 0 aliphatic rings. The molecule has 6 N–H and O–H groups in total. The molecule has 0 spiro atoms.